The lowest BCUT2D eigenvalue weighted by Crippen LogP contribution is -2.33. The molecule has 5 heteroatoms. The van der Waals surface area contributed by atoms with Crippen LogP contribution in [0.2, 0.25) is 0 Å². The maximum atomic E-state index is 12.3. The quantitative estimate of drug-likeness (QED) is 0.794. The summed E-state index contributed by atoms with van der Waals surface area (Å²) in [5.74, 6) is 0.0741. The minimum atomic E-state index is 0.0741. The molecule has 16 heavy (non-hydrogen) atoms. The number of hydrogen-bond acceptors (Lipinski definition) is 2. The number of nitrogens with zero attached hydrogens (tertiary/aromatic N) is 3. The first-order valence-electron chi connectivity index (χ1n) is 5.38. The lowest BCUT2D eigenvalue weighted by Gasteiger charge is -2.19. The van der Waals surface area contributed by atoms with E-state index in [4.69, 9.17) is 0 Å². The second-order valence-electron chi connectivity index (χ2n) is 3.74. The summed E-state index contributed by atoms with van der Waals surface area (Å²) in [4.78, 5) is 14.1. The lowest BCUT2D eigenvalue weighted by atomic mass is 10.1. The van der Waals surface area contributed by atoms with Gasteiger partial charge in [0, 0.05) is 31.2 Å². The summed E-state index contributed by atoms with van der Waals surface area (Å²) < 4.78 is 1.75. The number of aromatic nitrogens is 2. The molecule has 1 heterocycles. The fraction of sp³-hybridized carbons (Fsp3) is 0.636. The number of carbonyl (C=O) groups excluding carboxylic acids is 1. The molecule has 4 nitrogen and oxygen atoms in total. The molecule has 1 aromatic heterocycles. The lowest BCUT2D eigenvalue weighted by molar-refractivity contribution is 0.0773. The molecule has 0 unspecified atom stereocenters. The van der Waals surface area contributed by atoms with Crippen molar-refractivity contribution in [2.45, 2.75) is 20.8 Å². The smallest absolute Gasteiger partial charge is 0.257 e. The highest BCUT2D eigenvalue weighted by molar-refractivity contribution is 9.09. The molecule has 0 saturated heterocycles. The van der Waals surface area contributed by atoms with Crippen molar-refractivity contribution in [3.8, 4) is 0 Å². The van der Waals surface area contributed by atoms with Crippen LogP contribution < -0.4 is 0 Å². The highest BCUT2D eigenvalue weighted by atomic mass is 79.9. The van der Waals surface area contributed by atoms with Gasteiger partial charge in [0.05, 0.1) is 11.3 Å². The Hall–Kier alpha value is -0.840. The zero-order valence-corrected chi connectivity index (χ0v) is 11.8. The van der Waals surface area contributed by atoms with Gasteiger partial charge in [-0.05, 0) is 20.8 Å². The molecule has 0 fully saturated rings. The van der Waals surface area contributed by atoms with E-state index in [2.05, 4.69) is 21.0 Å². The van der Waals surface area contributed by atoms with E-state index in [0.717, 1.165) is 35.4 Å². The van der Waals surface area contributed by atoms with Crippen LogP contribution in [0.3, 0.4) is 0 Å². The number of rotatable bonds is 4. The largest absolute Gasteiger partial charge is 0.338 e. The highest BCUT2D eigenvalue weighted by Crippen LogP contribution is 2.14. The Labute approximate surface area is 105 Å². The number of alkyl halides is 1. The third-order valence-corrected chi connectivity index (χ3v) is 3.10. The van der Waals surface area contributed by atoms with Gasteiger partial charge >= 0.3 is 0 Å². The SMILES string of the molecule is CCN(CCBr)C(=O)c1c(C)nn(C)c1C. The molecule has 90 valence electrons. The minimum Gasteiger partial charge on any atom is -0.338 e. The Kier molecular flexibility index (Phi) is 4.53. The maximum Gasteiger partial charge on any atom is 0.257 e. The van der Waals surface area contributed by atoms with Gasteiger partial charge in [-0.1, -0.05) is 15.9 Å². The van der Waals surface area contributed by atoms with E-state index in [1.165, 1.54) is 0 Å². The average molecular weight is 288 g/mol. The summed E-state index contributed by atoms with van der Waals surface area (Å²) in [7, 11) is 1.86. The van der Waals surface area contributed by atoms with Crippen LogP contribution in [0, 0.1) is 13.8 Å². The zero-order valence-electron chi connectivity index (χ0n) is 10.2. The van der Waals surface area contributed by atoms with Crippen LogP contribution in [-0.2, 0) is 7.05 Å². The molecule has 0 aliphatic rings. The summed E-state index contributed by atoms with van der Waals surface area (Å²) in [6.07, 6.45) is 0. The molecule has 0 aliphatic carbocycles. The molecule has 0 atom stereocenters. The summed E-state index contributed by atoms with van der Waals surface area (Å²) in [5.41, 5.74) is 2.47. The molecular formula is C11H18BrN3O. The molecule has 1 amide bonds. The Bertz CT molecular complexity index is 387. The van der Waals surface area contributed by atoms with Crippen molar-refractivity contribution in [1.82, 2.24) is 14.7 Å². The number of amides is 1. The number of hydrogen-bond donors (Lipinski definition) is 0. The van der Waals surface area contributed by atoms with Gasteiger partial charge < -0.3 is 4.90 Å². The van der Waals surface area contributed by atoms with Gasteiger partial charge in [0.15, 0.2) is 0 Å². The van der Waals surface area contributed by atoms with Crippen molar-refractivity contribution < 1.29 is 4.79 Å². The molecule has 0 saturated carbocycles. The topological polar surface area (TPSA) is 38.1 Å². The fourth-order valence-electron chi connectivity index (χ4n) is 1.75. The summed E-state index contributed by atoms with van der Waals surface area (Å²) in [6, 6.07) is 0. The van der Waals surface area contributed by atoms with E-state index in [0.29, 0.717) is 0 Å². The molecule has 0 spiro atoms. The zero-order chi connectivity index (χ0) is 12.3. The molecular weight excluding hydrogens is 270 g/mol. The average Bonchev–Trinajstić information content (AvgIpc) is 2.49. The van der Waals surface area contributed by atoms with Gasteiger partial charge in [0.25, 0.3) is 5.91 Å². The van der Waals surface area contributed by atoms with Gasteiger partial charge in [-0.2, -0.15) is 5.10 Å². The Morgan fingerprint density at radius 3 is 2.50 bits per heavy atom. The van der Waals surface area contributed by atoms with E-state index in [1.54, 1.807) is 4.68 Å². The van der Waals surface area contributed by atoms with Gasteiger partial charge in [-0.25, -0.2) is 0 Å². The van der Waals surface area contributed by atoms with E-state index in [-0.39, 0.29) is 5.91 Å². The number of halogens is 1. The molecule has 0 aromatic carbocycles. The predicted molar refractivity (Wildman–Crippen MR) is 68.1 cm³/mol. The Morgan fingerprint density at radius 2 is 2.12 bits per heavy atom. The van der Waals surface area contributed by atoms with Crippen molar-refractivity contribution in [2.24, 2.45) is 7.05 Å². The van der Waals surface area contributed by atoms with Crippen molar-refractivity contribution in [3.05, 3.63) is 17.0 Å². The van der Waals surface area contributed by atoms with Gasteiger partial charge in [-0.15, -0.1) is 0 Å². The second kappa shape index (κ2) is 5.48. The van der Waals surface area contributed by atoms with E-state index < -0.39 is 0 Å². The molecule has 0 radical (unpaired) electrons. The van der Waals surface area contributed by atoms with Crippen LogP contribution in [-0.4, -0.2) is 39.0 Å². The molecule has 0 bridgehead atoms. The first kappa shape index (κ1) is 13.2. The highest BCUT2D eigenvalue weighted by Gasteiger charge is 2.21. The van der Waals surface area contributed by atoms with E-state index >= 15 is 0 Å². The van der Waals surface area contributed by atoms with Crippen molar-refractivity contribution >= 4 is 21.8 Å². The van der Waals surface area contributed by atoms with Crippen LogP contribution in [0.5, 0.6) is 0 Å². The Morgan fingerprint density at radius 1 is 1.50 bits per heavy atom. The normalized spacial score (nSPS) is 10.6. The van der Waals surface area contributed by atoms with Crippen molar-refractivity contribution in [3.63, 3.8) is 0 Å². The van der Waals surface area contributed by atoms with Crippen LogP contribution in [0.25, 0.3) is 0 Å². The van der Waals surface area contributed by atoms with Crippen LogP contribution in [0.4, 0.5) is 0 Å². The fourth-order valence-corrected chi connectivity index (χ4v) is 2.17. The third-order valence-electron chi connectivity index (χ3n) is 2.75. The molecule has 0 aliphatic heterocycles. The van der Waals surface area contributed by atoms with Crippen LogP contribution in [0.15, 0.2) is 0 Å². The van der Waals surface area contributed by atoms with E-state index in [9.17, 15) is 4.79 Å². The minimum absolute atomic E-state index is 0.0741. The Balaban J connectivity index is 3.03. The number of aryl methyl sites for hydroxylation is 2. The van der Waals surface area contributed by atoms with Gasteiger partial charge in [-0.3, -0.25) is 9.48 Å². The first-order chi connectivity index (χ1) is 7.52. The van der Waals surface area contributed by atoms with Gasteiger partial charge in [0.1, 0.15) is 0 Å². The summed E-state index contributed by atoms with van der Waals surface area (Å²) in [5, 5.41) is 5.06. The monoisotopic (exact) mass is 287 g/mol. The summed E-state index contributed by atoms with van der Waals surface area (Å²) >= 11 is 3.36. The summed E-state index contributed by atoms with van der Waals surface area (Å²) in [6.45, 7) is 7.24. The van der Waals surface area contributed by atoms with Gasteiger partial charge in [0.2, 0.25) is 0 Å². The molecule has 1 rings (SSSR count). The standard InChI is InChI=1S/C11H18BrN3O/c1-5-15(7-6-12)11(16)10-8(2)13-14(4)9(10)3/h5-7H2,1-4H3. The van der Waals surface area contributed by atoms with Crippen LogP contribution >= 0.6 is 15.9 Å². The first-order valence-corrected chi connectivity index (χ1v) is 6.50. The second-order valence-corrected chi connectivity index (χ2v) is 4.54. The maximum absolute atomic E-state index is 12.3. The van der Waals surface area contributed by atoms with Crippen LogP contribution in [0.1, 0.15) is 28.7 Å². The van der Waals surface area contributed by atoms with Crippen molar-refractivity contribution in [2.75, 3.05) is 18.4 Å². The third kappa shape index (κ3) is 2.45. The van der Waals surface area contributed by atoms with E-state index in [1.807, 2.05) is 32.7 Å². The molecule has 0 N–H and O–H groups in total. The van der Waals surface area contributed by atoms with Crippen molar-refractivity contribution in [1.29, 1.82) is 0 Å². The number of carbonyl (C=O) groups is 1. The molecule has 1 aromatic rings. The predicted octanol–water partition coefficient (Wildman–Crippen LogP) is 1.89.